The molecule has 0 radical (unpaired) electrons. The van der Waals surface area contributed by atoms with Crippen molar-refractivity contribution in [3.8, 4) is 33.8 Å². The van der Waals surface area contributed by atoms with E-state index in [1.807, 2.05) is 48.5 Å². The molecule has 0 bridgehead atoms. The number of carbonyl (C=O) groups excluding carboxylic acids is 7. The SMILES string of the molecule is CCCCCOc1ccc(-c2ccc(-c3ccc(C(=O)NC4C[C@@H](O)C(NCCOCCOCCOCCOC)NC(=O)C5[C@@H](O)[C@@H](C)CN5C(=O)C([C@@H](C)O)NC(=O)C([C@H](O)[C@@H](O)c5ccc(O)cc5)NC(=O)C5C[C@@H](O)CN5C(=O)C([C@@H](C)O)NC4=O)cc3)cc2)cc1. The molecule has 0 aliphatic carbocycles. The predicted octanol–water partition coefficient (Wildman–Crippen LogP) is -0.634. The molecule has 3 aliphatic heterocycles. The Balaban J connectivity index is 1.21. The number of phenols is 1. The first-order valence-corrected chi connectivity index (χ1v) is 32.1. The maximum atomic E-state index is 14.9. The number of fused-ring (bicyclic) bond motifs is 2. The molecule has 15 atom stereocenters. The van der Waals surface area contributed by atoms with E-state index in [1.54, 1.807) is 19.2 Å². The third-order valence-corrected chi connectivity index (χ3v) is 16.9. The molecule has 3 saturated heterocycles. The van der Waals surface area contributed by atoms with Crippen LogP contribution in [0.15, 0.2) is 97.1 Å². The molecule has 28 nitrogen and oxygen atoms in total. The van der Waals surface area contributed by atoms with Crippen molar-refractivity contribution in [2.75, 3.05) is 79.6 Å². The van der Waals surface area contributed by atoms with Gasteiger partial charge in [0.2, 0.25) is 35.4 Å². The third-order valence-electron chi connectivity index (χ3n) is 16.9. The van der Waals surface area contributed by atoms with E-state index in [4.69, 9.17) is 23.7 Å². The Morgan fingerprint density at radius 2 is 1.13 bits per heavy atom. The standard InChI is InChI=1S/C67H92N8O20/c1-6-7-8-26-95-49-23-19-44(20-24-49)42-11-9-41(10-12-42)43-13-15-46(16-14-43)61(84)69-50-35-52(80)60(68-25-27-92-30-31-94-33-32-93-29-28-91-5)73-65(88)56-57(81)38(2)36-75(56)67(90)54(40(4)77)71-64(87)55(59(83)58(82)45-17-21-47(78)22-18-45)72-63(86)51-34-48(79)37-74(51)66(89)53(39(3)76)70-62(50)85/h9-24,38-40,48,50-60,68,76-83H,6-8,25-37H2,1-5H3,(H,69,84)(H,70,85)(H,71,87)(H,72,86)(H,73,88)/t38-,39+,40+,48+,50?,51?,52+,53?,54?,55?,56?,57-,58-,59-,60?/m0/s1. The van der Waals surface area contributed by atoms with E-state index >= 15 is 0 Å². The van der Waals surface area contributed by atoms with Crippen molar-refractivity contribution < 1.29 is 98.1 Å². The lowest BCUT2D eigenvalue weighted by Crippen LogP contribution is -2.64. The summed E-state index contributed by atoms with van der Waals surface area (Å²) in [5.74, 6) is -8.32. The highest BCUT2D eigenvalue weighted by Gasteiger charge is 2.50. The van der Waals surface area contributed by atoms with Crippen LogP contribution in [0.2, 0.25) is 0 Å². The number of ether oxygens (including phenoxy) is 5. The number of aliphatic hydroxyl groups is 7. The van der Waals surface area contributed by atoms with Crippen molar-refractivity contribution in [3.05, 3.63) is 108 Å². The average molecular weight is 1330 g/mol. The number of nitrogens with zero attached hydrogens (tertiary/aromatic N) is 2. The topological polar surface area (TPSA) is 406 Å². The third kappa shape index (κ3) is 20.7. The summed E-state index contributed by atoms with van der Waals surface area (Å²) in [4.78, 5) is 105. The number of amides is 7. The van der Waals surface area contributed by atoms with Gasteiger partial charge in [0.05, 0.1) is 83.4 Å². The first-order chi connectivity index (χ1) is 45.5. The van der Waals surface area contributed by atoms with Crippen LogP contribution in [0, 0.1) is 5.92 Å². The van der Waals surface area contributed by atoms with Gasteiger partial charge in [0, 0.05) is 51.1 Å². The van der Waals surface area contributed by atoms with Crippen LogP contribution in [0.25, 0.3) is 22.3 Å². The Morgan fingerprint density at radius 1 is 0.600 bits per heavy atom. The van der Waals surface area contributed by atoms with Gasteiger partial charge >= 0.3 is 0 Å². The van der Waals surface area contributed by atoms with Crippen LogP contribution in [0.5, 0.6) is 11.5 Å². The van der Waals surface area contributed by atoms with Crippen molar-refractivity contribution in [2.45, 2.75) is 145 Å². The highest BCUT2D eigenvalue weighted by Crippen LogP contribution is 2.30. The molecule has 7 rings (SSSR count). The first kappa shape index (κ1) is 74.7. The van der Waals surface area contributed by atoms with Gasteiger partial charge in [-0.05, 0) is 84.5 Å². The molecule has 28 heteroatoms. The van der Waals surface area contributed by atoms with Crippen molar-refractivity contribution in [1.82, 2.24) is 41.7 Å². The number of aromatic hydroxyl groups is 1. The fraction of sp³-hybridized carbons (Fsp3) is 0.537. The van der Waals surface area contributed by atoms with E-state index in [0.29, 0.717) is 26.4 Å². The van der Waals surface area contributed by atoms with E-state index in [9.17, 15) is 74.4 Å². The van der Waals surface area contributed by atoms with Crippen LogP contribution in [0.4, 0.5) is 0 Å². The van der Waals surface area contributed by atoms with Crippen molar-refractivity contribution in [2.24, 2.45) is 5.92 Å². The van der Waals surface area contributed by atoms with Gasteiger partial charge in [-0.2, -0.15) is 0 Å². The minimum atomic E-state index is -2.30. The molecule has 0 spiro atoms. The molecule has 3 heterocycles. The Morgan fingerprint density at radius 3 is 1.69 bits per heavy atom. The molecule has 0 aromatic heterocycles. The van der Waals surface area contributed by atoms with E-state index < -0.39 is 152 Å². The summed E-state index contributed by atoms with van der Waals surface area (Å²) >= 11 is 0. The van der Waals surface area contributed by atoms with Gasteiger partial charge in [-0.1, -0.05) is 87.4 Å². The number of carbonyl (C=O) groups is 7. The molecular weight excluding hydrogens is 1240 g/mol. The number of nitrogens with one attached hydrogen (secondary N) is 6. The molecule has 4 aromatic rings. The Bertz CT molecular complexity index is 3130. The summed E-state index contributed by atoms with van der Waals surface area (Å²) in [5, 5.41) is 106. The lowest BCUT2D eigenvalue weighted by molar-refractivity contribution is -0.148. The lowest BCUT2D eigenvalue weighted by Gasteiger charge is -2.34. The zero-order chi connectivity index (χ0) is 68.9. The van der Waals surface area contributed by atoms with Crippen molar-refractivity contribution in [3.63, 3.8) is 0 Å². The van der Waals surface area contributed by atoms with Gasteiger partial charge in [0.15, 0.2) is 0 Å². The maximum absolute atomic E-state index is 14.9. The van der Waals surface area contributed by atoms with Crippen LogP contribution < -0.4 is 36.6 Å². The highest BCUT2D eigenvalue weighted by atomic mass is 16.6. The second-order valence-corrected chi connectivity index (χ2v) is 24.1. The highest BCUT2D eigenvalue weighted by molar-refractivity contribution is 6.00. The number of unbranched alkanes of at least 4 members (excludes halogenated alkanes) is 2. The van der Waals surface area contributed by atoms with Gasteiger partial charge in [0.1, 0.15) is 66.1 Å². The molecular formula is C67H92N8O20. The monoisotopic (exact) mass is 1330 g/mol. The molecule has 520 valence electrons. The smallest absolute Gasteiger partial charge is 0.251 e. The number of methoxy groups -OCH3 is 1. The van der Waals surface area contributed by atoms with Gasteiger partial charge in [-0.25, -0.2) is 0 Å². The van der Waals surface area contributed by atoms with Crippen molar-refractivity contribution in [1.29, 1.82) is 0 Å². The Labute approximate surface area is 551 Å². The number of rotatable bonds is 27. The molecule has 0 saturated carbocycles. The van der Waals surface area contributed by atoms with Crippen molar-refractivity contribution >= 4 is 41.4 Å². The molecule has 7 unspecified atom stereocenters. The van der Waals surface area contributed by atoms with E-state index in [0.717, 1.165) is 70.9 Å². The van der Waals surface area contributed by atoms with Crippen LogP contribution in [0.1, 0.15) is 81.8 Å². The van der Waals surface area contributed by atoms with Crippen LogP contribution in [0.3, 0.4) is 0 Å². The van der Waals surface area contributed by atoms with Crippen LogP contribution in [-0.4, -0.2) is 251 Å². The minimum Gasteiger partial charge on any atom is -0.508 e. The molecule has 3 aliphatic rings. The van der Waals surface area contributed by atoms with E-state index in [1.165, 1.54) is 43.3 Å². The van der Waals surface area contributed by atoms with Gasteiger partial charge in [0.25, 0.3) is 5.91 Å². The van der Waals surface area contributed by atoms with E-state index in [-0.39, 0.29) is 56.4 Å². The summed E-state index contributed by atoms with van der Waals surface area (Å²) < 4.78 is 27.5. The Hall–Kier alpha value is -7.71. The summed E-state index contributed by atoms with van der Waals surface area (Å²) in [6.45, 7) is 7.05. The fourth-order valence-corrected chi connectivity index (χ4v) is 11.4. The largest absolute Gasteiger partial charge is 0.508 e. The fourth-order valence-electron chi connectivity index (χ4n) is 11.4. The van der Waals surface area contributed by atoms with Crippen LogP contribution in [-0.2, 0) is 47.7 Å². The molecule has 4 aromatic carbocycles. The number of benzene rings is 4. The first-order valence-electron chi connectivity index (χ1n) is 32.1. The van der Waals surface area contributed by atoms with Crippen LogP contribution >= 0.6 is 0 Å². The number of phenolic OH excluding ortho intramolecular Hbond substituents is 1. The quantitative estimate of drug-likeness (QED) is 0.0330. The zero-order valence-electron chi connectivity index (χ0n) is 54.1. The van der Waals surface area contributed by atoms with Gasteiger partial charge in [-0.15, -0.1) is 0 Å². The second-order valence-electron chi connectivity index (χ2n) is 24.1. The Kier molecular flexibility index (Phi) is 28.6. The predicted molar refractivity (Wildman–Crippen MR) is 344 cm³/mol. The number of hydrogen-bond donors (Lipinski definition) is 14. The summed E-state index contributed by atoms with van der Waals surface area (Å²) in [6.07, 6.45) is -12.5. The van der Waals surface area contributed by atoms with Gasteiger partial charge < -0.3 is 101 Å². The summed E-state index contributed by atoms with van der Waals surface area (Å²) in [7, 11) is 1.55. The number of hydrogen-bond acceptors (Lipinski definition) is 21. The maximum Gasteiger partial charge on any atom is 0.251 e. The molecule has 3 fully saturated rings. The van der Waals surface area contributed by atoms with E-state index in [2.05, 4.69) is 38.8 Å². The second kappa shape index (κ2) is 36.4. The average Bonchev–Trinajstić information content (AvgIpc) is 1.70. The molecule has 14 N–H and O–H groups in total. The lowest BCUT2D eigenvalue weighted by atomic mass is 9.96. The summed E-state index contributed by atoms with van der Waals surface area (Å²) in [5.41, 5.74) is 3.43. The molecule has 7 amide bonds. The minimum absolute atomic E-state index is 0.0365. The summed E-state index contributed by atoms with van der Waals surface area (Å²) in [6, 6.07) is 15.1. The normalized spacial score (nSPS) is 25.4. The van der Waals surface area contributed by atoms with Gasteiger partial charge in [-0.3, -0.25) is 38.9 Å². The molecule has 95 heavy (non-hydrogen) atoms. The number of aliphatic hydroxyl groups excluding tert-OH is 7. The zero-order valence-corrected chi connectivity index (χ0v) is 54.1.